The molecule has 0 aromatic heterocycles. The zero-order valence-electron chi connectivity index (χ0n) is 17.2. The molecular formula is C20H31ClN2O5S. The Morgan fingerprint density at radius 1 is 1.31 bits per heavy atom. The molecule has 0 spiro atoms. The van der Waals surface area contributed by atoms with Crippen molar-refractivity contribution in [2.45, 2.75) is 52.1 Å². The number of carbonyl (C=O) groups excluding carboxylic acids is 2. The van der Waals surface area contributed by atoms with Crippen LogP contribution < -0.4 is 5.73 Å². The van der Waals surface area contributed by atoms with Gasteiger partial charge in [-0.25, -0.2) is 17.5 Å². The highest BCUT2D eigenvalue weighted by molar-refractivity contribution is 7.89. The Hall–Kier alpha value is -1.64. The van der Waals surface area contributed by atoms with Crippen LogP contribution in [0.5, 0.6) is 0 Å². The Labute approximate surface area is 179 Å². The monoisotopic (exact) mass is 446 g/mol. The summed E-state index contributed by atoms with van der Waals surface area (Å²) >= 11 is 0. The highest BCUT2D eigenvalue weighted by Gasteiger charge is 2.58. The zero-order valence-corrected chi connectivity index (χ0v) is 18.8. The summed E-state index contributed by atoms with van der Waals surface area (Å²) in [5.74, 6) is -3.07. The van der Waals surface area contributed by atoms with Gasteiger partial charge in [-0.1, -0.05) is 63.9 Å². The fourth-order valence-electron chi connectivity index (χ4n) is 3.36. The van der Waals surface area contributed by atoms with E-state index < -0.39 is 39.4 Å². The summed E-state index contributed by atoms with van der Waals surface area (Å²) in [6.45, 7) is 5.21. The number of rotatable bonds is 9. The summed E-state index contributed by atoms with van der Waals surface area (Å²) in [5, 5.41) is 0. The molecule has 29 heavy (non-hydrogen) atoms. The molecule has 0 saturated carbocycles. The molecule has 1 unspecified atom stereocenters. The lowest BCUT2D eigenvalue weighted by atomic mass is 9.95. The van der Waals surface area contributed by atoms with Crippen LogP contribution >= 0.6 is 12.4 Å². The molecule has 3 atom stereocenters. The third-order valence-corrected chi connectivity index (χ3v) is 7.01. The van der Waals surface area contributed by atoms with Crippen LogP contribution in [-0.4, -0.2) is 42.6 Å². The first-order valence-corrected chi connectivity index (χ1v) is 11.3. The topological polar surface area (TPSA) is 107 Å². The smallest absolute Gasteiger partial charge is 0.348 e. The van der Waals surface area contributed by atoms with E-state index in [1.54, 1.807) is 13.8 Å². The molecule has 9 heteroatoms. The summed E-state index contributed by atoms with van der Waals surface area (Å²) in [4.78, 5) is 25.7. The van der Waals surface area contributed by atoms with Gasteiger partial charge in [0.15, 0.2) is 0 Å². The van der Waals surface area contributed by atoms with E-state index >= 15 is 0 Å². The molecule has 2 N–H and O–H groups in total. The molecule has 1 aromatic carbocycles. The van der Waals surface area contributed by atoms with Crippen molar-refractivity contribution in [3.05, 3.63) is 35.9 Å². The zero-order chi connectivity index (χ0) is 20.9. The van der Waals surface area contributed by atoms with Gasteiger partial charge in [0.05, 0.1) is 12.4 Å². The molecule has 1 aliphatic rings. The number of amides is 1. The Morgan fingerprint density at radius 3 is 2.45 bits per heavy atom. The van der Waals surface area contributed by atoms with E-state index in [1.165, 1.54) is 0 Å². The minimum atomic E-state index is -4.08. The van der Waals surface area contributed by atoms with E-state index in [2.05, 4.69) is 0 Å². The number of halogens is 1. The van der Waals surface area contributed by atoms with Crippen LogP contribution in [0.1, 0.15) is 45.6 Å². The van der Waals surface area contributed by atoms with Crippen molar-refractivity contribution in [1.82, 2.24) is 4.31 Å². The molecule has 2 rings (SSSR count). The fourth-order valence-corrected chi connectivity index (χ4v) is 5.28. The van der Waals surface area contributed by atoms with Crippen LogP contribution in [0.4, 0.5) is 0 Å². The van der Waals surface area contributed by atoms with Gasteiger partial charge < -0.3 is 4.74 Å². The largest absolute Gasteiger partial charge is 0.462 e. The summed E-state index contributed by atoms with van der Waals surface area (Å²) < 4.78 is 31.8. The number of cyclic esters (lactones) is 1. The summed E-state index contributed by atoms with van der Waals surface area (Å²) in [7, 11) is -4.08. The SMILES string of the molecule is CCCCCS(=O)(=O)N(C(=O)C(C)Cc1ccccc1)[C@]1(N)C(=O)OC[C@H]1C.Cl. The predicted octanol–water partition coefficient (Wildman–Crippen LogP) is 2.48. The van der Waals surface area contributed by atoms with E-state index in [0.29, 0.717) is 23.6 Å². The second-order valence-electron chi connectivity index (χ2n) is 7.54. The van der Waals surface area contributed by atoms with E-state index in [9.17, 15) is 18.0 Å². The number of nitrogens with zero attached hydrogens (tertiary/aromatic N) is 1. The number of unbranched alkanes of at least 4 members (excludes halogenated alkanes) is 2. The molecular weight excluding hydrogens is 416 g/mol. The third kappa shape index (κ3) is 5.49. The molecule has 1 heterocycles. The van der Waals surface area contributed by atoms with Crippen molar-refractivity contribution in [1.29, 1.82) is 0 Å². The van der Waals surface area contributed by atoms with Crippen molar-refractivity contribution in [2.24, 2.45) is 17.6 Å². The van der Waals surface area contributed by atoms with Gasteiger partial charge in [-0.15, -0.1) is 12.4 Å². The first-order valence-electron chi connectivity index (χ1n) is 9.71. The Balaban J connectivity index is 0.00000420. The maximum absolute atomic E-state index is 13.3. The van der Waals surface area contributed by atoms with Crippen molar-refractivity contribution >= 4 is 34.3 Å². The van der Waals surface area contributed by atoms with E-state index in [-0.39, 0.29) is 24.8 Å². The number of sulfonamides is 1. The van der Waals surface area contributed by atoms with Crippen LogP contribution in [0.15, 0.2) is 30.3 Å². The maximum atomic E-state index is 13.3. The summed E-state index contributed by atoms with van der Waals surface area (Å²) in [6.07, 6.45) is 2.29. The molecule has 1 aromatic rings. The van der Waals surface area contributed by atoms with Crippen molar-refractivity contribution in [3.63, 3.8) is 0 Å². The van der Waals surface area contributed by atoms with Crippen LogP contribution in [-0.2, 0) is 30.8 Å². The van der Waals surface area contributed by atoms with Gasteiger partial charge in [0.25, 0.3) is 0 Å². The molecule has 7 nitrogen and oxygen atoms in total. The summed E-state index contributed by atoms with van der Waals surface area (Å²) in [6, 6.07) is 9.31. The molecule has 164 valence electrons. The van der Waals surface area contributed by atoms with Crippen LogP contribution in [0.3, 0.4) is 0 Å². The second-order valence-corrected chi connectivity index (χ2v) is 9.48. The van der Waals surface area contributed by atoms with Gasteiger partial charge in [0.2, 0.25) is 21.6 Å². The van der Waals surface area contributed by atoms with Gasteiger partial charge in [-0.3, -0.25) is 10.5 Å². The van der Waals surface area contributed by atoms with Crippen LogP contribution in [0.2, 0.25) is 0 Å². The molecule has 1 amide bonds. The number of esters is 1. The number of ether oxygens (including phenoxy) is 1. The quantitative estimate of drug-likeness (QED) is 0.354. The third-order valence-electron chi connectivity index (χ3n) is 5.17. The van der Waals surface area contributed by atoms with Crippen LogP contribution in [0, 0.1) is 11.8 Å². The average molecular weight is 447 g/mol. The van der Waals surface area contributed by atoms with Gasteiger partial charge in [-0.2, -0.15) is 0 Å². The number of carbonyl (C=O) groups is 2. The van der Waals surface area contributed by atoms with Crippen molar-refractivity contribution in [2.75, 3.05) is 12.4 Å². The molecule has 1 saturated heterocycles. The van der Waals surface area contributed by atoms with Gasteiger partial charge in [-0.05, 0) is 18.4 Å². The van der Waals surface area contributed by atoms with E-state index in [1.807, 2.05) is 37.3 Å². The standard InChI is InChI=1S/C20H30N2O5S.ClH/c1-4-5-9-12-28(25,26)22(20(21)16(3)14-27-19(20)24)18(23)15(2)13-17-10-7-6-8-11-17;/h6-8,10-11,15-16H,4-5,9,12-14,21H2,1-3H3;1H/t15?,16-,20+;/m1./s1. The maximum Gasteiger partial charge on any atom is 0.348 e. The van der Waals surface area contributed by atoms with Crippen molar-refractivity contribution in [3.8, 4) is 0 Å². The Morgan fingerprint density at radius 2 is 1.93 bits per heavy atom. The fraction of sp³-hybridized carbons (Fsp3) is 0.600. The molecule has 0 bridgehead atoms. The van der Waals surface area contributed by atoms with Crippen LogP contribution in [0.25, 0.3) is 0 Å². The lowest BCUT2D eigenvalue weighted by molar-refractivity contribution is -0.152. The normalized spacial score (nSPS) is 22.5. The highest BCUT2D eigenvalue weighted by Crippen LogP contribution is 2.32. The van der Waals surface area contributed by atoms with Gasteiger partial charge >= 0.3 is 5.97 Å². The number of benzene rings is 1. The van der Waals surface area contributed by atoms with Gasteiger partial charge in [0, 0.05) is 11.8 Å². The predicted molar refractivity (Wildman–Crippen MR) is 114 cm³/mol. The van der Waals surface area contributed by atoms with Crippen molar-refractivity contribution < 1.29 is 22.7 Å². The molecule has 1 fully saturated rings. The molecule has 0 radical (unpaired) electrons. The first-order chi connectivity index (χ1) is 13.1. The molecule has 1 aliphatic heterocycles. The average Bonchev–Trinajstić information content (AvgIpc) is 2.90. The van der Waals surface area contributed by atoms with E-state index in [4.69, 9.17) is 10.5 Å². The molecule has 0 aliphatic carbocycles. The summed E-state index contributed by atoms with van der Waals surface area (Å²) in [5.41, 5.74) is 5.16. The number of hydrogen-bond donors (Lipinski definition) is 1. The Kier molecular flexibility index (Phi) is 9.11. The Bertz CT molecular complexity index is 802. The first kappa shape index (κ1) is 25.4. The second kappa shape index (κ2) is 10.4. The van der Waals surface area contributed by atoms with E-state index in [0.717, 1.165) is 12.0 Å². The minimum Gasteiger partial charge on any atom is -0.462 e. The number of hydrogen-bond acceptors (Lipinski definition) is 6. The lowest BCUT2D eigenvalue weighted by Gasteiger charge is -2.37. The lowest BCUT2D eigenvalue weighted by Crippen LogP contribution is -2.67. The minimum absolute atomic E-state index is 0. The van der Waals surface area contributed by atoms with Gasteiger partial charge in [0.1, 0.15) is 0 Å². The number of nitrogens with two attached hydrogens (primary N) is 1. The highest BCUT2D eigenvalue weighted by atomic mass is 35.5.